The van der Waals surface area contributed by atoms with Crippen molar-refractivity contribution in [3.63, 3.8) is 0 Å². The number of fused-ring (bicyclic) bond motifs is 1. The number of hydrogen-bond acceptors (Lipinski definition) is 10. The van der Waals surface area contributed by atoms with Crippen molar-refractivity contribution in [2.75, 3.05) is 13.2 Å². The summed E-state index contributed by atoms with van der Waals surface area (Å²) in [6.45, 7) is 6.95. The van der Waals surface area contributed by atoms with Gasteiger partial charge in [-0.3, -0.25) is 4.79 Å². The zero-order valence-electron chi connectivity index (χ0n) is 24.6. The average Bonchev–Trinajstić information content (AvgIpc) is 3.60. The number of rotatable bonds is 10. The molecule has 0 aliphatic carbocycles. The lowest BCUT2D eigenvalue weighted by Gasteiger charge is -2.30. The van der Waals surface area contributed by atoms with Crippen LogP contribution in [0.15, 0.2) is 60.7 Å². The Labute approximate surface area is 250 Å². The van der Waals surface area contributed by atoms with Crippen LogP contribution in [0.3, 0.4) is 0 Å². The predicted octanol–water partition coefficient (Wildman–Crippen LogP) is 2.58. The number of nitrogens with one attached hydrogen (secondary N) is 2. The zero-order chi connectivity index (χ0) is 30.6. The van der Waals surface area contributed by atoms with Crippen LogP contribution in [0.4, 0.5) is 4.79 Å². The normalized spacial score (nSPS) is 27.6. The van der Waals surface area contributed by atoms with Crippen LogP contribution in [0, 0.1) is 0 Å². The van der Waals surface area contributed by atoms with E-state index in [4.69, 9.17) is 33.2 Å². The van der Waals surface area contributed by atoms with Gasteiger partial charge in [-0.15, -0.1) is 0 Å². The summed E-state index contributed by atoms with van der Waals surface area (Å²) in [4.78, 5) is 38.7. The fraction of sp³-hybridized carbons (Fsp3) is 0.516. The van der Waals surface area contributed by atoms with E-state index in [0.717, 1.165) is 11.1 Å². The van der Waals surface area contributed by atoms with E-state index >= 15 is 0 Å². The summed E-state index contributed by atoms with van der Waals surface area (Å²) in [7, 11) is 0. The standard InChI is InChI=1S/C31H38N2O10/c1-30(2)38-18-22(41-30)24-25(26-28(40-24)43-31(3,4)42-26)39-27(35)21(15-19-11-7-5-8-12-19)33-23(34)16-32-29(36)37-17-20-13-9-6-10-14-20/h5-14,21-22,24-26,28H,15-18H2,1-4H3,(H,32,36)(H,33,34)/t21-,22+,24+,25-,26+,28+/m0/s1. The summed E-state index contributed by atoms with van der Waals surface area (Å²) in [5.74, 6) is -3.08. The first-order valence-electron chi connectivity index (χ1n) is 14.3. The fourth-order valence-corrected chi connectivity index (χ4v) is 5.25. The van der Waals surface area contributed by atoms with Crippen molar-refractivity contribution >= 4 is 18.0 Å². The number of amides is 2. The summed E-state index contributed by atoms with van der Waals surface area (Å²) < 4.78 is 41.0. The maximum atomic E-state index is 13.7. The first kappa shape index (κ1) is 30.9. The van der Waals surface area contributed by atoms with Gasteiger partial charge in [0, 0.05) is 6.42 Å². The highest BCUT2D eigenvalue weighted by molar-refractivity contribution is 5.87. The quantitative estimate of drug-likeness (QED) is 0.392. The number of ether oxygens (including phenoxy) is 7. The van der Waals surface area contributed by atoms with Gasteiger partial charge in [-0.1, -0.05) is 60.7 Å². The Morgan fingerprint density at radius 3 is 2.21 bits per heavy atom. The third-order valence-corrected chi connectivity index (χ3v) is 7.18. The monoisotopic (exact) mass is 598 g/mol. The first-order chi connectivity index (χ1) is 20.5. The molecular formula is C31H38N2O10. The van der Waals surface area contributed by atoms with E-state index in [2.05, 4.69) is 10.6 Å². The lowest BCUT2D eigenvalue weighted by molar-refractivity contribution is -0.235. The molecule has 2 amide bonds. The molecule has 3 heterocycles. The minimum Gasteiger partial charge on any atom is -0.455 e. The zero-order valence-corrected chi connectivity index (χ0v) is 24.6. The highest BCUT2D eigenvalue weighted by Crippen LogP contribution is 2.42. The summed E-state index contributed by atoms with van der Waals surface area (Å²) in [6, 6.07) is 17.3. The minimum atomic E-state index is -1.08. The Bertz CT molecular complexity index is 1270. The van der Waals surface area contributed by atoms with E-state index < -0.39 is 72.8 Å². The Morgan fingerprint density at radius 1 is 0.884 bits per heavy atom. The molecule has 12 nitrogen and oxygen atoms in total. The number of benzene rings is 2. The molecule has 2 aromatic carbocycles. The molecule has 0 spiro atoms. The molecule has 3 aliphatic heterocycles. The molecule has 2 N–H and O–H groups in total. The van der Waals surface area contributed by atoms with Gasteiger partial charge >= 0.3 is 12.1 Å². The van der Waals surface area contributed by atoms with Gasteiger partial charge in [0.1, 0.15) is 31.4 Å². The van der Waals surface area contributed by atoms with Crippen molar-refractivity contribution in [1.82, 2.24) is 10.6 Å². The van der Waals surface area contributed by atoms with Crippen LogP contribution in [0.25, 0.3) is 0 Å². The topological polar surface area (TPSA) is 140 Å². The summed E-state index contributed by atoms with van der Waals surface area (Å²) in [6.07, 6.45) is -4.28. The van der Waals surface area contributed by atoms with Crippen LogP contribution in [0.1, 0.15) is 38.8 Å². The second-order valence-electron chi connectivity index (χ2n) is 11.6. The maximum Gasteiger partial charge on any atom is 0.407 e. The smallest absolute Gasteiger partial charge is 0.407 e. The van der Waals surface area contributed by atoms with E-state index in [1.165, 1.54) is 0 Å². The van der Waals surface area contributed by atoms with Gasteiger partial charge in [0.15, 0.2) is 30.1 Å². The Hall–Kier alpha value is -3.55. The molecule has 0 aromatic heterocycles. The molecule has 0 radical (unpaired) electrons. The Morgan fingerprint density at radius 2 is 1.56 bits per heavy atom. The molecule has 0 unspecified atom stereocenters. The predicted molar refractivity (Wildman–Crippen MR) is 150 cm³/mol. The van der Waals surface area contributed by atoms with E-state index in [1.807, 2.05) is 60.7 Å². The molecule has 6 atom stereocenters. The second kappa shape index (κ2) is 13.0. The highest BCUT2D eigenvalue weighted by Gasteiger charge is 2.60. The maximum absolute atomic E-state index is 13.7. The van der Waals surface area contributed by atoms with Crippen molar-refractivity contribution in [2.45, 2.75) is 89.0 Å². The van der Waals surface area contributed by atoms with Crippen LogP contribution >= 0.6 is 0 Å². The number of carbonyl (C=O) groups excluding carboxylic acids is 3. The van der Waals surface area contributed by atoms with Gasteiger partial charge in [-0.05, 0) is 38.8 Å². The number of hydrogen-bond donors (Lipinski definition) is 2. The highest BCUT2D eigenvalue weighted by atomic mass is 16.8. The lowest BCUT2D eigenvalue weighted by Crippen LogP contribution is -2.51. The van der Waals surface area contributed by atoms with Gasteiger partial charge in [0.25, 0.3) is 0 Å². The average molecular weight is 599 g/mol. The second-order valence-corrected chi connectivity index (χ2v) is 11.6. The van der Waals surface area contributed by atoms with Crippen molar-refractivity contribution < 1.29 is 47.5 Å². The SMILES string of the molecule is CC1(C)O[C@H]2O[C@H]([C@H]3COC(C)(C)O3)[C@H](OC(=O)[C@H](Cc3ccccc3)NC(=O)CNC(=O)OCc3ccccc3)[C@H]2O1. The number of carbonyl (C=O) groups is 3. The molecular weight excluding hydrogens is 560 g/mol. The minimum absolute atomic E-state index is 0.0551. The van der Waals surface area contributed by atoms with E-state index in [9.17, 15) is 14.4 Å². The Kier molecular flexibility index (Phi) is 9.33. The van der Waals surface area contributed by atoms with Crippen molar-refractivity contribution in [2.24, 2.45) is 0 Å². The third kappa shape index (κ3) is 8.09. The van der Waals surface area contributed by atoms with Gasteiger partial charge in [0.05, 0.1) is 6.61 Å². The molecule has 3 fully saturated rings. The van der Waals surface area contributed by atoms with Crippen molar-refractivity contribution in [1.29, 1.82) is 0 Å². The molecule has 43 heavy (non-hydrogen) atoms. The molecule has 3 aliphatic rings. The summed E-state index contributed by atoms with van der Waals surface area (Å²) >= 11 is 0. The molecule has 0 saturated carbocycles. The molecule has 12 heteroatoms. The van der Waals surface area contributed by atoms with Gasteiger partial charge in [0.2, 0.25) is 5.91 Å². The van der Waals surface area contributed by atoms with E-state index in [0.29, 0.717) is 0 Å². The van der Waals surface area contributed by atoms with E-state index in [-0.39, 0.29) is 19.6 Å². The largest absolute Gasteiger partial charge is 0.455 e. The number of alkyl carbamates (subject to hydrolysis) is 1. The number of esters is 1. The van der Waals surface area contributed by atoms with Crippen LogP contribution in [-0.4, -0.2) is 79.4 Å². The lowest BCUT2D eigenvalue weighted by atomic mass is 10.0. The van der Waals surface area contributed by atoms with Crippen LogP contribution in [-0.2, 0) is 55.8 Å². The van der Waals surface area contributed by atoms with Gasteiger partial charge in [-0.25, -0.2) is 9.59 Å². The van der Waals surface area contributed by atoms with Crippen molar-refractivity contribution in [3.8, 4) is 0 Å². The first-order valence-corrected chi connectivity index (χ1v) is 14.3. The van der Waals surface area contributed by atoms with E-state index in [1.54, 1.807) is 27.7 Å². The van der Waals surface area contributed by atoms with Gasteiger partial charge < -0.3 is 43.8 Å². The van der Waals surface area contributed by atoms with Crippen LogP contribution < -0.4 is 10.6 Å². The third-order valence-electron chi connectivity index (χ3n) is 7.18. The molecule has 232 valence electrons. The summed E-state index contributed by atoms with van der Waals surface area (Å²) in [5.41, 5.74) is 1.61. The van der Waals surface area contributed by atoms with Crippen LogP contribution in [0.5, 0.6) is 0 Å². The molecule has 2 aromatic rings. The molecule has 0 bridgehead atoms. The fourth-order valence-electron chi connectivity index (χ4n) is 5.25. The Balaban J connectivity index is 1.24. The van der Waals surface area contributed by atoms with Gasteiger partial charge in [-0.2, -0.15) is 0 Å². The molecule has 3 saturated heterocycles. The van der Waals surface area contributed by atoms with Crippen LogP contribution in [0.2, 0.25) is 0 Å². The van der Waals surface area contributed by atoms with Crippen molar-refractivity contribution in [3.05, 3.63) is 71.8 Å². The summed E-state index contributed by atoms with van der Waals surface area (Å²) in [5, 5.41) is 5.10. The molecule has 5 rings (SSSR count).